The van der Waals surface area contributed by atoms with Crippen LogP contribution in [0, 0.1) is 5.92 Å². The number of carbonyl (C=O) groups is 2. The molecule has 2 N–H and O–H groups in total. The molecule has 1 aromatic carbocycles. The molecule has 6 heteroatoms. The summed E-state index contributed by atoms with van der Waals surface area (Å²) in [5.74, 6) is -0.541. The molecule has 25 heavy (non-hydrogen) atoms. The lowest BCUT2D eigenvalue weighted by Gasteiger charge is -2.29. The summed E-state index contributed by atoms with van der Waals surface area (Å²) in [6.07, 6.45) is 4.36. The highest BCUT2D eigenvalue weighted by Gasteiger charge is 2.23. The third-order valence-electron chi connectivity index (χ3n) is 4.76. The largest absolute Gasteiger partial charge is 0.452 e. The summed E-state index contributed by atoms with van der Waals surface area (Å²) >= 11 is 0. The highest BCUT2D eigenvalue weighted by atomic mass is 16.5. The van der Waals surface area contributed by atoms with Crippen molar-refractivity contribution in [3.05, 3.63) is 46.2 Å². The first-order valence-corrected chi connectivity index (χ1v) is 8.63. The predicted octanol–water partition coefficient (Wildman–Crippen LogP) is 2.38. The maximum absolute atomic E-state index is 12.3. The minimum Gasteiger partial charge on any atom is -0.452 e. The van der Waals surface area contributed by atoms with E-state index in [2.05, 4.69) is 17.2 Å². The minimum absolute atomic E-state index is 0.139. The molecular weight excluding hydrogens is 320 g/mol. The Morgan fingerprint density at radius 3 is 2.80 bits per heavy atom. The number of aromatic nitrogens is 1. The van der Waals surface area contributed by atoms with Gasteiger partial charge in [0, 0.05) is 23.0 Å². The Balaban J connectivity index is 1.65. The molecule has 1 aliphatic carbocycles. The molecule has 0 saturated heterocycles. The number of aromatic amines is 1. The van der Waals surface area contributed by atoms with Gasteiger partial charge in [0.1, 0.15) is 0 Å². The average molecular weight is 342 g/mol. The number of pyridine rings is 1. The van der Waals surface area contributed by atoms with Gasteiger partial charge in [-0.2, -0.15) is 0 Å². The molecule has 1 saturated carbocycles. The molecule has 1 fully saturated rings. The van der Waals surface area contributed by atoms with Gasteiger partial charge in [0.25, 0.3) is 5.91 Å². The van der Waals surface area contributed by atoms with E-state index in [0.29, 0.717) is 16.8 Å². The lowest BCUT2D eigenvalue weighted by molar-refractivity contribution is -0.125. The van der Waals surface area contributed by atoms with Crippen LogP contribution in [0.3, 0.4) is 0 Å². The standard InChI is InChI=1S/C19H22N2O4/c1-12-6-2-4-8-15(12)20-18(23)11-25-19(24)14-10-17(22)21-16-9-5-3-7-13(14)16/h3,5,7,9-10,12,15H,2,4,6,8,11H2,1H3,(H,20,23)(H,21,22)/t12-,15+/m0/s1. The van der Waals surface area contributed by atoms with Gasteiger partial charge in [0.05, 0.1) is 5.56 Å². The Morgan fingerprint density at radius 2 is 2.00 bits per heavy atom. The Labute approximate surface area is 145 Å². The van der Waals surface area contributed by atoms with Gasteiger partial charge >= 0.3 is 5.97 Å². The molecular formula is C19H22N2O4. The number of ether oxygens (including phenoxy) is 1. The van der Waals surface area contributed by atoms with Gasteiger partial charge in [-0.15, -0.1) is 0 Å². The number of para-hydroxylation sites is 1. The van der Waals surface area contributed by atoms with Crippen molar-refractivity contribution >= 4 is 22.8 Å². The van der Waals surface area contributed by atoms with Gasteiger partial charge in [-0.05, 0) is 24.8 Å². The van der Waals surface area contributed by atoms with Gasteiger partial charge < -0.3 is 15.0 Å². The van der Waals surface area contributed by atoms with Crippen molar-refractivity contribution in [3.63, 3.8) is 0 Å². The normalized spacial score (nSPS) is 20.2. The zero-order valence-electron chi connectivity index (χ0n) is 14.2. The van der Waals surface area contributed by atoms with Crippen LogP contribution in [0.1, 0.15) is 43.0 Å². The number of hydrogen-bond donors (Lipinski definition) is 2. The predicted molar refractivity (Wildman–Crippen MR) is 94.4 cm³/mol. The number of esters is 1. The zero-order chi connectivity index (χ0) is 17.8. The molecule has 1 aliphatic rings. The van der Waals surface area contributed by atoms with Crippen LogP contribution in [0.5, 0.6) is 0 Å². The van der Waals surface area contributed by atoms with E-state index in [1.54, 1.807) is 24.3 Å². The van der Waals surface area contributed by atoms with Crippen molar-refractivity contribution in [1.29, 1.82) is 0 Å². The van der Waals surface area contributed by atoms with E-state index in [1.807, 2.05) is 0 Å². The van der Waals surface area contributed by atoms with Crippen molar-refractivity contribution < 1.29 is 14.3 Å². The van der Waals surface area contributed by atoms with E-state index >= 15 is 0 Å². The van der Waals surface area contributed by atoms with Gasteiger partial charge in [-0.1, -0.05) is 38.0 Å². The van der Waals surface area contributed by atoms with Gasteiger partial charge in [0.15, 0.2) is 6.61 Å². The van der Waals surface area contributed by atoms with Crippen molar-refractivity contribution in [2.45, 2.75) is 38.6 Å². The molecule has 6 nitrogen and oxygen atoms in total. The smallest absolute Gasteiger partial charge is 0.339 e. The van der Waals surface area contributed by atoms with Crippen LogP contribution in [0.25, 0.3) is 10.9 Å². The van der Waals surface area contributed by atoms with E-state index < -0.39 is 5.97 Å². The number of carbonyl (C=O) groups excluding carboxylic acids is 2. The zero-order valence-corrected chi connectivity index (χ0v) is 14.2. The van der Waals surface area contributed by atoms with E-state index in [1.165, 1.54) is 12.5 Å². The maximum Gasteiger partial charge on any atom is 0.339 e. The first kappa shape index (κ1) is 17.2. The van der Waals surface area contributed by atoms with E-state index in [9.17, 15) is 14.4 Å². The lowest BCUT2D eigenvalue weighted by Crippen LogP contribution is -2.42. The fraction of sp³-hybridized carbons (Fsp3) is 0.421. The molecule has 2 aromatic rings. The van der Waals surface area contributed by atoms with E-state index in [0.717, 1.165) is 19.3 Å². The van der Waals surface area contributed by atoms with Gasteiger partial charge in [0.2, 0.25) is 5.56 Å². The van der Waals surface area contributed by atoms with Crippen LogP contribution in [0.4, 0.5) is 0 Å². The maximum atomic E-state index is 12.3. The molecule has 0 spiro atoms. The second kappa shape index (κ2) is 7.51. The Morgan fingerprint density at radius 1 is 1.24 bits per heavy atom. The summed E-state index contributed by atoms with van der Waals surface area (Å²) in [5, 5.41) is 3.53. The third kappa shape index (κ3) is 4.07. The van der Waals surface area contributed by atoms with Gasteiger partial charge in [-0.3, -0.25) is 9.59 Å². The van der Waals surface area contributed by atoms with Crippen LogP contribution in [0.2, 0.25) is 0 Å². The summed E-state index contributed by atoms with van der Waals surface area (Å²) in [6, 6.07) is 8.32. The molecule has 1 aromatic heterocycles. The molecule has 1 heterocycles. The number of fused-ring (bicyclic) bond motifs is 1. The Hall–Kier alpha value is -2.63. The average Bonchev–Trinajstić information content (AvgIpc) is 2.61. The Kier molecular flexibility index (Phi) is 5.16. The molecule has 0 radical (unpaired) electrons. The van der Waals surface area contributed by atoms with Crippen LogP contribution in [-0.2, 0) is 9.53 Å². The first-order valence-electron chi connectivity index (χ1n) is 8.63. The van der Waals surface area contributed by atoms with Crippen LogP contribution in [0.15, 0.2) is 35.1 Å². The Bertz CT molecular complexity index is 843. The van der Waals surface area contributed by atoms with Crippen molar-refractivity contribution in [3.8, 4) is 0 Å². The molecule has 0 bridgehead atoms. The van der Waals surface area contributed by atoms with Crippen LogP contribution >= 0.6 is 0 Å². The number of H-pyrrole nitrogens is 1. The quantitative estimate of drug-likeness (QED) is 0.835. The van der Waals surface area contributed by atoms with Crippen molar-refractivity contribution in [2.75, 3.05) is 6.61 Å². The number of rotatable bonds is 4. The van der Waals surface area contributed by atoms with Crippen molar-refractivity contribution in [2.24, 2.45) is 5.92 Å². The number of nitrogens with one attached hydrogen (secondary N) is 2. The fourth-order valence-corrected chi connectivity index (χ4v) is 3.36. The summed E-state index contributed by atoms with van der Waals surface area (Å²) in [5.41, 5.74) is 0.340. The molecule has 2 atom stereocenters. The topological polar surface area (TPSA) is 88.3 Å². The molecule has 0 unspecified atom stereocenters. The fourth-order valence-electron chi connectivity index (χ4n) is 3.36. The van der Waals surface area contributed by atoms with Gasteiger partial charge in [-0.25, -0.2) is 4.79 Å². The van der Waals surface area contributed by atoms with E-state index in [-0.39, 0.29) is 29.7 Å². The number of amides is 1. The second-order valence-corrected chi connectivity index (χ2v) is 6.60. The number of benzene rings is 1. The molecule has 0 aliphatic heterocycles. The number of hydrogen-bond acceptors (Lipinski definition) is 4. The summed E-state index contributed by atoms with van der Waals surface area (Å²) in [7, 11) is 0. The van der Waals surface area contributed by atoms with Crippen molar-refractivity contribution in [1.82, 2.24) is 10.3 Å². The van der Waals surface area contributed by atoms with Crippen LogP contribution in [-0.4, -0.2) is 29.5 Å². The third-order valence-corrected chi connectivity index (χ3v) is 4.76. The summed E-state index contributed by atoms with van der Waals surface area (Å²) in [6.45, 7) is 1.78. The highest BCUT2D eigenvalue weighted by molar-refractivity contribution is 6.03. The molecule has 1 amide bonds. The SMILES string of the molecule is C[C@H]1CCCC[C@H]1NC(=O)COC(=O)c1cc(=O)[nH]c2ccccc12. The second-order valence-electron chi connectivity index (χ2n) is 6.60. The molecule has 132 valence electrons. The summed E-state index contributed by atoms with van der Waals surface area (Å²) in [4.78, 5) is 38.8. The van der Waals surface area contributed by atoms with Crippen LogP contribution < -0.4 is 10.9 Å². The first-order chi connectivity index (χ1) is 12.0. The monoisotopic (exact) mass is 342 g/mol. The van der Waals surface area contributed by atoms with E-state index in [4.69, 9.17) is 4.74 Å². The molecule has 3 rings (SSSR count). The minimum atomic E-state index is -0.672. The lowest BCUT2D eigenvalue weighted by atomic mass is 9.86. The highest BCUT2D eigenvalue weighted by Crippen LogP contribution is 2.23. The summed E-state index contributed by atoms with van der Waals surface area (Å²) < 4.78 is 5.13.